The van der Waals surface area contributed by atoms with Crippen molar-refractivity contribution in [1.82, 2.24) is 0 Å². The summed E-state index contributed by atoms with van der Waals surface area (Å²) in [6, 6.07) is 11.9. The molecule has 2 aromatic carbocycles. The SMILES string of the molecule is C[C@@H](OC(=O)c1cc(=O)c2cc(Cl)ccc2o1)C(=O)Nc1ccc(Cl)cc1. The summed E-state index contributed by atoms with van der Waals surface area (Å²) in [4.78, 5) is 36.5. The molecule has 1 aromatic heterocycles. The summed E-state index contributed by atoms with van der Waals surface area (Å²) in [6.45, 7) is 1.40. The van der Waals surface area contributed by atoms with Crippen LogP contribution in [0.1, 0.15) is 17.5 Å². The van der Waals surface area contributed by atoms with Crippen molar-refractivity contribution >= 4 is 51.7 Å². The molecule has 27 heavy (non-hydrogen) atoms. The molecular formula is C19H13Cl2NO5. The average molecular weight is 406 g/mol. The number of hydrogen-bond acceptors (Lipinski definition) is 5. The van der Waals surface area contributed by atoms with E-state index in [0.717, 1.165) is 6.07 Å². The minimum absolute atomic E-state index is 0.192. The molecule has 0 bridgehead atoms. The number of amides is 1. The van der Waals surface area contributed by atoms with Crippen molar-refractivity contribution in [1.29, 1.82) is 0 Å². The van der Waals surface area contributed by atoms with Gasteiger partial charge in [-0.15, -0.1) is 0 Å². The Balaban J connectivity index is 1.73. The first-order chi connectivity index (χ1) is 12.8. The minimum Gasteiger partial charge on any atom is -0.449 e. The van der Waals surface area contributed by atoms with E-state index in [2.05, 4.69) is 5.32 Å². The fraction of sp³-hybridized carbons (Fsp3) is 0.105. The van der Waals surface area contributed by atoms with E-state index in [9.17, 15) is 14.4 Å². The zero-order chi connectivity index (χ0) is 19.6. The number of rotatable bonds is 4. The van der Waals surface area contributed by atoms with Gasteiger partial charge in [0.1, 0.15) is 5.58 Å². The van der Waals surface area contributed by atoms with Gasteiger partial charge in [-0.2, -0.15) is 0 Å². The van der Waals surface area contributed by atoms with Gasteiger partial charge in [0.2, 0.25) is 5.76 Å². The second-order valence-electron chi connectivity index (χ2n) is 5.66. The van der Waals surface area contributed by atoms with Crippen molar-refractivity contribution in [3.63, 3.8) is 0 Å². The van der Waals surface area contributed by atoms with Crippen molar-refractivity contribution in [2.75, 3.05) is 5.32 Å². The van der Waals surface area contributed by atoms with E-state index in [1.807, 2.05) is 0 Å². The van der Waals surface area contributed by atoms with E-state index in [0.29, 0.717) is 15.7 Å². The second kappa shape index (κ2) is 7.82. The standard InChI is InChI=1S/C19H13Cl2NO5/c1-10(18(24)22-13-5-2-11(20)3-6-13)26-19(25)17-9-15(23)14-8-12(21)4-7-16(14)27-17/h2-10H,1H3,(H,22,24)/t10-/m1/s1. The van der Waals surface area contributed by atoms with Crippen LogP contribution in [0.4, 0.5) is 5.69 Å². The first kappa shape index (κ1) is 18.9. The minimum atomic E-state index is -1.11. The lowest BCUT2D eigenvalue weighted by Gasteiger charge is -2.13. The maximum absolute atomic E-state index is 12.2. The van der Waals surface area contributed by atoms with Gasteiger partial charge in [0.25, 0.3) is 5.91 Å². The Morgan fingerprint density at radius 1 is 1.04 bits per heavy atom. The molecule has 0 aliphatic carbocycles. The topological polar surface area (TPSA) is 85.6 Å². The van der Waals surface area contributed by atoms with Crippen LogP contribution in [0.25, 0.3) is 11.0 Å². The molecule has 3 aromatic rings. The van der Waals surface area contributed by atoms with Crippen molar-refractivity contribution in [3.05, 3.63) is 74.6 Å². The zero-order valence-corrected chi connectivity index (χ0v) is 15.5. The Morgan fingerprint density at radius 2 is 1.70 bits per heavy atom. The van der Waals surface area contributed by atoms with Crippen molar-refractivity contribution < 1.29 is 18.7 Å². The monoisotopic (exact) mass is 405 g/mol. The molecule has 1 amide bonds. The Labute approximate surface area is 163 Å². The molecule has 0 spiro atoms. The second-order valence-corrected chi connectivity index (χ2v) is 6.53. The van der Waals surface area contributed by atoms with Crippen LogP contribution in [0.15, 0.2) is 57.7 Å². The van der Waals surface area contributed by atoms with Gasteiger partial charge in [0.15, 0.2) is 11.5 Å². The van der Waals surface area contributed by atoms with Gasteiger partial charge in [-0.3, -0.25) is 9.59 Å². The quantitative estimate of drug-likeness (QED) is 0.654. The summed E-state index contributed by atoms with van der Waals surface area (Å²) in [6.07, 6.45) is -1.11. The molecule has 0 radical (unpaired) electrons. The van der Waals surface area contributed by atoms with E-state index in [-0.39, 0.29) is 16.7 Å². The van der Waals surface area contributed by atoms with Gasteiger partial charge in [-0.25, -0.2) is 4.79 Å². The normalized spacial score (nSPS) is 11.8. The smallest absolute Gasteiger partial charge is 0.375 e. The summed E-state index contributed by atoms with van der Waals surface area (Å²) >= 11 is 11.6. The third-order valence-electron chi connectivity index (χ3n) is 3.66. The molecule has 1 atom stereocenters. The molecule has 1 N–H and O–H groups in total. The van der Waals surface area contributed by atoms with Crippen molar-refractivity contribution in [3.8, 4) is 0 Å². The lowest BCUT2D eigenvalue weighted by atomic mass is 10.2. The van der Waals surface area contributed by atoms with Crippen LogP contribution in [0, 0.1) is 0 Å². The number of esters is 1. The number of carbonyl (C=O) groups is 2. The van der Waals surface area contributed by atoms with E-state index < -0.39 is 23.4 Å². The van der Waals surface area contributed by atoms with Crippen molar-refractivity contribution in [2.45, 2.75) is 13.0 Å². The van der Waals surface area contributed by atoms with Crippen LogP contribution in [-0.4, -0.2) is 18.0 Å². The number of fused-ring (bicyclic) bond motifs is 1. The van der Waals surface area contributed by atoms with Gasteiger partial charge < -0.3 is 14.5 Å². The Hall–Kier alpha value is -2.83. The zero-order valence-electron chi connectivity index (χ0n) is 14.0. The third-order valence-corrected chi connectivity index (χ3v) is 4.14. The van der Waals surface area contributed by atoms with Crippen LogP contribution in [-0.2, 0) is 9.53 Å². The van der Waals surface area contributed by atoms with Crippen molar-refractivity contribution in [2.24, 2.45) is 0 Å². The highest BCUT2D eigenvalue weighted by Gasteiger charge is 2.21. The van der Waals surface area contributed by atoms with Crippen LogP contribution >= 0.6 is 23.2 Å². The molecule has 0 saturated heterocycles. The molecule has 3 rings (SSSR count). The number of nitrogens with one attached hydrogen (secondary N) is 1. The number of halogens is 2. The highest BCUT2D eigenvalue weighted by molar-refractivity contribution is 6.31. The Kier molecular flexibility index (Phi) is 5.48. The molecule has 138 valence electrons. The highest BCUT2D eigenvalue weighted by Crippen LogP contribution is 2.18. The molecule has 1 heterocycles. The van der Waals surface area contributed by atoms with Gasteiger partial charge >= 0.3 is 5.97 Å². The highest BCUT2D eigenvalue weighted by atomic mass is 35.5. The van der Waals surface area contributed by atoms with Crippen LogP contribution in [0.2, 0.25) is 10.0 Å². The summed E-state index contributed by atoms with van der Waals surface area (Å²) in [7, 11) is 0. The fourth-order valence-electron chi connectivity index (χ4n) is 2.28. The molecule has 0 aliphatic heterocycles. The predicted molar refractivity (Wildman–Crippen MR) is 102 cm³/mol. The molecule has 0 aliphatic rings. The van der Waals surface area contributed by atoms with Crippen LogP contribution < -0.4 is 10.7 Å². The number of ether oxygens (including phenoxy) is 1. The molecule has 8 heteroatoms. The maximum Gasteiger partial charge on any atom is 0.375 e. The summed E-state index contributed by atoms with van der Waals surface area (Å²) in [5.41, 5.74) is 0.252. The lowest BCUT2D eigenvalue weighted by molar-refractivity contribution is -0.123. The Bertz CT molecular complexity index is 1080. The van der Waals surface area contributed by atoms with Crippen LogP contribution in [0.5, 0.6) is 0 Å². The number of benzene rings is 2. The summed E-state index contributed by atoms with van der Waals surface area (Å²) < 4.78 is 10.5. The number of anilines is 1. The van der Waals surface area contributed by atoms with E-state index >= 15 is 0 Å². The van der Waals surface area contributed by atoms with E-state index in [4.69, 9.17) is 32.4 Å². The molecule has 0 fully saturated rings. The number of carbonyl (C=O) groups excluding carboxylic acids is 2. The largest absolute Gasteiger partial charge is 0.449 e. The summed E-state index contributed by atoms with van der Waals surface area (Å²) in [5, 5.41) is 3.73. The molecular weight excluding hydrogens is 393 g/mol. The average Bonchev–Trinajstić information content (AvgIpc) is 2.63. The van der Waals surface area contributed by atoms with E-state index in [1.165, 1.54) is 25.1 Å². The van der Waals surface area contributed by atoms with Gasteiger partial charge in [-0.05, 0) is 49.4 Å². The first-order valence-electron chi connectivity index (χ1n) is 7.84. The Morgan fingerprint density at radius 3 is 2.41 bits per heavy atom. The predicted octanol–water partition coefficient (Wildman–Crippen LogP) is 4.28. The third kappa shape index (κ3) is 4.48. The maximum atomic E-state index is 12.2. The van der Waals surface area contributed by atoms with Gasteiger partial charge in [0.05, 0.1) is 5.39 Å². The summed E-state index contributed by atoms with van der Waals surface area (Å²) in [5.74, 6) is -1.77. The van der Waals surface area contributed by atoms with Crippen LogP contribution in [0.3, 0.4) is 0 Å². The molecule has 6 nitrogen and oxygen atoms in total. The lowest BCUT2D eigenvalue weighted by Crippen LogP contribution is -2.30. The fourth-order valence-corrected chi connectivity index (χ4v) is 2.58. The first-order valence-corrected chi connectivity index (χ1v) is 8.60. The van der Waals surface area contributed by atoms with Gasteiger partial charge in [-0.1, -0.05) is 23.2 Å². The molecule has 0 saturated carbocycles. The van der Waals surface area contributed by atoms with E-state index in [1.54, 1.807) is 24.3 Å². The van der Waals surface area contributed by atoms with Gasteiger partial charge in [0, 0.05) is 21.8 Å². The number of hydrogen-bond donors (Lipinski definition) is 1. The molecule has 0 unspecified atom stereocenters.